The van der Waals surface area contributed by atoms with Gasteiger partial charge in [0.2, 0.25) is 5.91 Å². The number of amides is 4. The molecule has 0 bridgehead atoms. The number of urea groups is 1. The second-order valence-electron chi connectivity index (χ2n) is 9.25. The van der Waals surface area contributed by atoms with Crippen LogP contribution in [0.15, 0.2) is 0 Å². The second kappa shape index (κ2) is 6.61. The van der Waals surface area contributed by atoms with Gasteiger partial charge >= 0.3 is 6.03 Å². The molecule has 2 aliphatic rings. The predicted molar refractivity (Wildman–Crippen MR) is 96.9 cm³/mol. The van der Waals surface area contributed by atoms with Crippen LogP contribution in [0.3, 0.4) is 0 Å². The van der Waals surface area contributed by atoms with Crippen molar-refractivity contribution in [2.75, 3.05) is 6.54 Å². The fraction of sp³-hybridized carbons (Fsp3) is 0.842. The van der Waals surface area contributed by atoms with E-state index in [-0.39, 0.29) is 35.9 Å². The summed E-state index contributed by atoms with van der Waals surface area (Å²) < 4.78 is 0. The molecule has 2 unspecified atom stereocenters. The molecular weight excluding hydrogens is 318 g/mol. The van der Waals surface area contributed by atoms with Crippen LogP contribution in [0, 0.1) is 11.3 Å². The van der Waals surface area contributed by atoms with E-state index in [1.807, 2.05) is 27.7 Å². The molecule has 1 N–H and O–H groups in total. The lowest BCUT2D eigenvalue weighted by molar-refractivity contribution is -0.142. The Morgan fingerprint density at radius 3 is 2.24 bits per heavy atom. The second-order valence-corrected chi connectivity index (χ2v) is 9.25. The Kier molecular flexibility index (Phi) is 5.22. The molecule has 1 aliphatic heterocycles. The number of imide groups is 1. The summed E-state index contributed by atoms with van der Waals surface area (Å²) in [7, 11) is 0. The first-order valence-electron chi connectivity index (χ1n) is 9.34. The first-order chi connectivity index (χ1) is 11.4. The van der Waals surface area contributed by atoms with Crippen molar-refractivity contribution in [2.45, 2.75) is 85.4 Å². The third-order valence-corrected chi connectivity index (χ3v) is 5.32. The number of nitrogens with one attached hydrogen (secondary N) is 1. The summed E-state index contributed by atoms with van der Waals surface area (Å²) in [5.74, 6) is -0.0712. The van der Waals surface area contributed by atoms with Crippen molar-refractivity contribution >= 4 is 17.8 Å². The van der Waals surface area contributed by atoms with Gasteiger partial charge in [-0.2, -0.15) is 0 Å². The van der Waals surface area contributed by atoms with Gasteiger partial charge in [0.1, 0.15) is 12.1 Å². The standard InChI is InChI=1S/C19H33N3O3/c1-12(2)22(13(3)4)15(23)10-21-16(24)19(20-17(21)25)9-14(5)8-18(6,7)11-19/h12-14H,8-11H2,1-7H3,(H,20,25). The number of carbonyl (C=O) groups excluding carboxylic acids is 3. The van der Waals surface area contributed by atoms with E-state index in [0.717, 1.165) is 11.3 Å². The summed E-state index contributed by atoms with van der Waals surface area (Å²) in [6.07, 6.45) is 2.30. The van der Waals surface area contributed by atoms with Crippen LogP contribution in [0.2, 0.25) is 0 Å². The molecule has 0 radical (unpaired) electrons. The number of hydrogen-bond acceptors (Lipinski definition) is 3. The molecule has 1 aliphatic carbocycles. The van der Waals surface area contributed by atoms with Crippen molar-refractivity contribution in [3.05, 3.63) is 0 Å². The highest BCUT2D eigenvalue weighted by Gasteiger charge is 2.56. The van der Waals surface area contributed by atoms with Gasteiger partial charge in [0.05, 0.1) is 0 Å². The van der Waals surface area contributed by atoms with Crippen LogP contribution in [0.1, 0.15) is 67.7 Å². The molecule has 1 saturated heterocycles. The van der Waals surface area contributed by atoms with Gasteiger partial charge in [0, 0.05) is 12.1 Å². The van der Waals surface area contributed by atoms with E-state index in [1.165, 1.54) is 0 Å². The van der Waals surface area contributed by atoms with E-state index < -0.39 is 11.6 Å². The Morgan fingerprint density at radius 2 is 1.76 bits per heavy atom. The van der Waals surface area contributed by atoms with Gasteiger partial charge in [0.25, 0.3) is 5.91 Å². The summed E-state index contributed by atoms with van der Waals surface area (Å²) >= 11 is 0. The molecule has 4 amide bonds. The van der Waals surface area contributed by atoms with Crippen molar-refractivity contribution in [3.8, 4) is 0 Å². The lowest BCUT2D eigenvalue weighted by Crippen LogP contribution is -2.54. The van der Waals surface area contributed by atoms with E-state index in [4.69, 9.17) is 0 Å². The fourth-order valence-electron chi connectivity index (χ4n) is 5.04. The number of nitrogens with zero attached hydrogens (tertiary/aromatic N) is 2. The maximum atomic E-state index is 13.1. The number of carbonyl (C=O) groups is 3. The minimum Gasteiger partial charge on any atom is -0.336 e. The highest BCUT2D eigenvalue weighted by atomic mass is 16.2. The molecule has 1 spiro atoms. The third kappa shape index (κ3) is 3.82. The first-order valence-corrected chi connectivity index (χ1v) is 9.34. The molecule has 0 aromatic carbocycles. The van der Waals surface area contributed by atoms with Crippen molar-refractivity contribution in [1.29, 1.82) is 0 Å². The van der Waals surface area contributed by atoms with Crippen LogP contribution in [-0.4, -0.2) is 51.8 Å². The van der Waals surface area contributed by atoms with Crippen molar-refractivity contribution in [2.24, 2.45) is 11.3 Å². The molecule has 1 heterocycles. The Hall–Kier alpha value is -1.59. The van der Waals surface area contributed by atoms with E-state index in [0.29, 0.717) is 18.8 Å². The average Bonchev–Trinajstić information content (AvgIpc) is 2.59. The molecule has 6 heteroatoms. The zero-order valence-corrected chi connectivity index (χ0v) is 16.7. The SMILES string of the molecule is CC1CC(C)(C)CC2(C1)NC(=O)N(CC(=O)N(C(C)C)C(C)C)C2=O. The highest BCUT2D eigenvalue weighted by molar-refractivity contribution is 6.09. The van der Waals surface area contributed by atoms with Crippen LogP contribution in [0.5, 0.6) is 0 Å². The van der Waals surface area contributed by atoms with Crippen molar-refractivity contribution in [3.63, 3.8) is 0 Å². The highest BCUT2D eigenvalue weighted by Crippen LogP contribution is 2.46. The molecule has 0 aromatic heterocycles. The Bertz CT molecular complexity index is 562. The van der Waals surface area contributed by atoms with Gasteiger partial charge in [-0.15, -0.1) is 0 Å². The molecular formula is C19H33N3O3. The molecule has 1 saturated carbocycles. The van der Waals surface area contributed by atoms with Crippen LogP contribution in [0.25, 0.3) is 0 Å². The van der Waals surface area contributed by atoms with Crippen molar-refractivity contribution in [1.82, 2.24) is 15.1 Å². The molecule has 25 heavy (non-hydrogen) atoms. The van der Waals surface area contributed by atoms with Crippen LogP contribution in [0.4, 0.5) is 4.79 Å². The third-order valence-electron chi connectivity index (χ3n) is 5.32. The summed E-state index contributed by atoms with van der Waals surface area (Å²) in [5, 5.41) is 2.92. The summed E-state index contributed by atoms with van der Waals surface area (Å²) in [6, 6.07) is -0.387. The maximum absolute atomic E-state index is 13.1. The molecule has 2 rings (SSSR count). The Morgan fingerprint density at radius 1 is 1.20 bits per heavy atom. The van der Waals surface area contributed by atoms with Crippen molar-refractivity contribution < 1.29 is 14.4 Å². The van der Waals surface area contributed by atoms with Gasteiger partial charge in [0.15, 0.2) is 0 Å². The average molecular weight is 351 g/mol. The summed E-state index contributed by atoms with van der Waals surface area (Å²) in [4.78, 5) is 41.1. The molecule has 0 aromatic rings. The molecule has 142 valence electrons. The summed E-state index contributed by atoms with van der Waals surface area (Å²) in [6.45, 7) is 14.0. The maximum Gasteiger partial charge on any atom is 0.325 e. The van der Waals surface area contributed by atoms with Gasteiger partial charge in [-0.3, -0.25) is 14.5 Å². The van der Waals surface area contributed by atoms with Gasteiger partial charge in [-0.1, -0.05) is 20.8 Å². The van der Waals surface area contributed by atoms with Crippen LogP contribution in [-0.2, 0) is 9.59 Å². The normalized spacial score (nSPS) is 28.8. The van der Waals surface area contributed by atoms with E-state index in [2.05, 4.69) is 26.1 Å². The largest absolute Gasteiger partial charge is 0.336 e. The number of rotatable bonds is 4. The monoisotopic (exact) mass is 351 g/mol. The fourth-order valence-corrected chi connectivity index (χ4v) is 5.04. The quantitative estimate of drug-likeness (QED) is 0.792. The molecule has 2 atom stereocenters. The lowest BCUT2D eigenvalue weighted by atomic mass is 9.64. The predicted octanol–water partition coefficient (Wildman–Crippen LogP) is 2.77. The van der Waals surface area contributed by atoms with E-state index >= 15 is 0 Å². The van der Waals surface area contributed by atoms with Crippen LogP contribution < -0.4 is 5.32 Å². The summed E-state index contributed by atoms with van der Waals surface area (Å²) in [5.41, 5.74) is -0.860. The smallest absolute Gasteiger partial charge is 0.325 e. The zero-order chi connectivity index (χ0) is 19.2. The van der Waals surface area contributed by atoms with E-state index in [9.17, 15) is 14.4 Å². The van der Waals surface area contributed by atoms with E-state index in [1.54, 1.807) is 4.90 Å². The van der Waals surface area contributed by atoms with Gasteiger partial charge < -0.3 is 10.2 Å². The molecule has 6 nitrogen and oxygen atoms in total. The number of hydrogen-bond donors (Lipinski definition) is 1. The minimum absolute atomic E-state index is 0.0114. The van der Waals surface area contributed by atoms with Crippen LogP contribution >= 0.6 is 0 Å². The van der Waals surface area contributed by atoms with Gasteiger partial charge in [-0.05, 0) is 58.3 Å². The minimum atomic E-state index is -0.848. The topological polar surface area (TPSA) is 69.7 Å². The zero-order valence-electron chi connectivity index (χ0n) is 16.7. The molecule has 2 fully saturated rings. The van der Waals surface area contributed by atoms with Gasteiger partial charge in [-0.25, -0.2) is 4.79 Å². The Labute approximate surface area is 151 Å². The first kappa shape index (κ1) is 19.7. The lowest BCUT2D eigenvalue weighted by Gasteiger charge is -2.43. The Balaban J connectivity index is 2.20.